The molecule has 1 fully saturated rings. The van der Waals surface area contributed by atoms with Gasteiger partial charge in [0.1, 0.15) is 5.75 Å². The molecule has 0 spiro atoms. The number of benzene rings is 1. The van der Waals surface area contributed by atoms with Crippen LogP contribution in [0.1, 0.15) is 42.6 Å². The maximum absolute atomic E-state index is 13.9. The quantitative estimate of drug-likeness (QED) is 0.760. The largest absolute Gasteiger partial charge is 0.497 e. The number of aryl methyl sites for hydroxylation is 1. The molecule has 6 heteroatoms. The van der Waals surface area contributed by atoms with Crippen LogP contribution in [0.4, 0.5) is 0 Å². The number of aromatic nitrogens is 2. The fourth-order valence-electron chi connectivity index (χ4n) is 4.12. The van der Waals surface area contributed by atoms with E-state index in [-0.39, 0.29) is 5.91 Å². The lowest BCUT2D eigenvalue weighted by Gasteiger charge is -2.35. The van der Waals surface area contributed by atoms with Crippen LogP contribution < -0.4 is 4.74 Å². The molecule has 0 unspecified atom stereocenters. The van der Waals surface area contributed by atoms with Crippen molar-refractivity contribution in [3.05, 3.63) is 47.5 Å². The van der Waals surface area contributed by atoms with Crippen LogP contribution in [0.15, 0.2) is 30.6 Å². The molecule has 1 aromatic heterocycles. The number of carbonyl (C=O) groups excluding carboxylic acids is 1. The minimum Gasteiger partial charge on any atom is -0.497 e. The summed E-state index contributed by atoms with van der Waals surface area (Å²) in [6, 6.07) is 8.05. The molecule has 1 aromatic carbocycles. The van der Waals surface area contributed by atoms with E-state index in [1.54, 1.807) is 13.4 Å². The number of nitrogens with one attached hydrogen (secondary N) is 1. The minimum absolute atomic E-state index is 0.222. The molecule has 1 aliphatic rings. The van der Waals surface area contributed by atoms with Crippen molar-refractivity contribution in [3.63, 3.8) is 0 Å². The number of imidazole rings is 1. The molecule has 0 radical (unpaired) electrons. The molecule has 6 nitrogen and oxygen atoms in total. The molecular weight excluding hydrogens is 352 g/mol. The average Bonchev–Trinajstić information content (AvgIpc) is 3.34. The second kappa shape index (κ2) is 8.78. The summed E-state index contributed by atoms with van der Waals surface area (Å²) in [6.45, 7) is 4.07. The van der Waals surface area contributed by atoms with Gasteiger partial charge < -0.3 is 19.5 Å². The Labute approximate surface area is 167 Å². The van der Waals surface area contributed by atoms with Gasteiger partial charge in [-0.15, -0.1) is 0 Å². The predicted molar refractivity (Wildman–Crippen MR) is 110 cm³/mol. The zero-order chi connectivity index (χ0) is 20.1. The van der Waals surface area contributed by atoms with Crippen molar-refractivity contribution in [3.8, 4) is 5.75 Å². The van der Waals surface area contributed by atoms with Gasteiger partial charge in [0.05, 0.1) is 31.1 Å². The summed E-state index contributed by atoms with van der Waals surface area (Å²) in [4.78, 5) is 25.6. The summed E-state index contributed by atoms with van der Waals surface area (Å²) in [5.41, 5.74) is 2.62. The highest BCUT2D eigenvalue weighted by Gasteiger charge is 2.45. The Hall–Kier alpha value is -2.34. The van der Waals surface area contributed by atoms with Crippen LogP contribution in [0, 0.1) is 6.92 Å². The monoisotopic (exact) mass is 384 g/mol. The third-order valence-electron chi connectivity index (χ3n) is 5.89. The summed E-state index contributed by atoms with van der Waals surface area (Å²) in [5, 5.41) is 0. The molecule has 0 aliphatic heterocycles. The van der Waals surface area contributed by atoms with E-state index in [1.165, 1.54) is 0 Å². The van der Waals surface area contributed by atoms with Gasteiger partial charge in [-0.05, 0) is 51.6 Å². The van der Waals surface area contributed by atoms with Gasteiger partial charge in [-0.25, -0.2) is 4.98 Å². The van der Waals surface area contributed by atoms with Crippen molar-refractivity contribution in [1.82, 2.24) is 19.8 Å². The van der Waals surface area contributed by atoms with Gasteiger partial charge in [-0.3, -0.25) is 4.79 Å². The van der Waals surface area contributed by atoms with Crippen LogP contribution in [-0.4, -0.2) is 60.0 Å². The Bertz CT molecular complexity index is 776. The Morgan fingerprint density at radius 3 is 2.39 bits per heavy atom. The molecule has 1 aliphatic carbocycles. The molecule has 1 heterocycles. The Morgan fingerprint density at radius 2 is 1.86 bits per heavy atom. The van der Waals surface area contributed by atoms with Crippen LogP contribution in [0.2, 0.25) is 0 Å². The fourth-order valence-corrected chi connectivity index (χ4v) is 4.12. The first-order valence-electron chi connectivity index (χ1n) is 10.0. The number of ether oxygens (including phenoxy) is 1. The molecule has 1 amide bonds. The standard InChI is InChI=1S/C22H32N4O2/c1-17-20(24-16-23-17)15-26(14-13-25(2)3)21(27)22(11-5-6-12-22)18-7-9-19(28-4)10-8-18/h7-10,16H,5-6,11-15H2,1-4H3,(H,23,24). The number of H-pyrrole nitrogens is 1. The van der Waals surface area contributed by atoms with Gasteiger partial charge in [-0.2, -0.15) is 0 Å². The van der Waals surface area contributed by atoms with Gasteiger partial charge in [-0.1, -0.05) is 25.0 Å². The molecule has 152 valence electrons. The van der Waals surface area contributed by atoms with E-state index in [9.17, 15) is 4.79 Å². The summed E-state index contributed by atoms with van der Waals surface area (Å²) in [7, 11) is 5.75. The summed E-state index contributed by atoms with van der Waals surface area (Å²) < 4.78 is 5.31. The number of carbonyl (C=O) groups is 1. The van der Waals surface area contributed by atoms with Gasteiger partial charge in [0.2, 0.25) is 5.91 Å². The highest BCUT2D eigenvalue weighted by molar-refractivity contribution is 5.88. The SMILES string of the molecule is COc1ccc(C2(C(=O)N(CCN(C)C)Cc3nc[nH]c3C)CCCC2)cc1. The first-order chi connectivity index (χ1) is 13.5. The molecule has 0 atom stereocenters. The number of aromatic amines is 1. The number of methoxy groups -OCH3 is 1. The topological polar surface area (TPSA) is 61.5 Å². The lowest BCUT2D eigenvalue weighted by atomic mass is 9.77. The van der Waals surface area contributed by atoms with Gasteiger partial charge >= 0.3 is 0 Å². The summed E-state index contributed by atoms with van der Waals surface area (Å²) in [6.07, 6.45) is 5.67. The van der Waals surface area contributed by atoms with Crippen molar-refractivity contribution in [2.24, 2.45) is 0 Å². The van der Waals surface area contributed by atoms with Crippen molar-refractivity contribution in [2.75, 3.05) is 34.3 Å². The average molecular weight is 385 g/mol. The summed E-state index contributed by atoms with van der Waals surface area (Å²) in [5.74, 6) is 1.04. The van der Waals surface area contributed by atoms with E-state index in [0.29, 0.717) is 13.1 Å². The molecule has 3 rings (SSSR count). The molecule has 1 N–H and O–H groups in total. The number of hydrogen-bond acceptors (Lipinski definition) is 4. The van der Waals surface area contributed by atoms with E-state index < -0.39 is 5.41 Å². The van der Waals surface area contributed by atoms with Crippen molar-refractivity contribution in [2.45, 2.75) is 44.6 Å². The first kappa shape index (κ1) is 20.4. The van der Waals surface area contributed by atoms with E-state index in [2.05, 4.69) is 27.0 Å². The second-order valence-electron chi connectivity index (χ2n) is 8.02. The van der Waals surface area contributed by atoms with Gasteiger partial charge in [0.25, 0.3) is 0 Å². The van der Waals surface area contributed by atoms with E-state index in [1.807, 2.05) is 38.1 Å². The van der Waals surface area contributed by atoms with E-state index in [0.717, 1.165) is 54.9 Å². The maximum atomic E-state index is 13.9. The Kier molecular flexibility index (Phi) is 6.39. The van der Waals surface area contributed by atoms with Crippen molar-refractivity contribution in [1.29, 1.82) is 0 Å². The molecule has 28 heavy (non-hydrogen) atoms. The zero-order valence-electron chi connectivity index (χ0n) is 17.5. The zero-order valence-corrected chi connectivity index (χ0v) is 17.5. The first-order valence-corrected chi connectivity index (χ1v) is 10.0. The molecule has 1 saturated carbocycles. The molecule has 2 aromatic rings. The number of nitrogens with zero attached hydrogens (tertiary/aromatic N) is 3. The third-order valence-corrected chi connectivity index (χ3v) is 5.89. The number of likely N-dealkylation sites (N-methyl/N-ethyl adjacent to an activating group) is 1. The van der Waals surface area contributed by atoms with E-state index in [4.69, 9.17) is 4.74 Å². The Balaban J connectivity index is 1.91. The number of amides is 1. The normalized spacial score (nSPS) is 15.8. The van der Waals surface area contributed by atoms with Gasteiger partial charge in [0.15, 0.2) is 0 Å². The third kappa shape index (κ3) is 4.22. The lowest BCUT2D eigenvalue weighted by molar-refractivity contribution is -0.138. The lowest BCUT2D eigenvalue weighted by Crippen LogP contribution is -2.47. The highest BCUT2D eigenvalue weighted by atomic mass is 16.5. The molecular formula is C22H32N4O2. The molecule has 0 bridgehead atoms. The van der Waals surface area contributed by atoms with Crippen LogP contribution >= 0.6 is 0 Å². The minimum atomic E-state index is -0.442. The van der Waals surface area contributed by atoms with Crippen LogP contribution in [0.5, 0.6) is 5.75 Å². The second-order valence-corrected chi connectivity index (χ2v) is 8.02. The van der Waals surface area contributed by atoms with Crippen LogP contribution in [-0.2, 0) is 16.8 Å². The maximum Gasteiger partial charge on any atom is 0.233 e. The number of rotatable bonds is 8. The van der Waals surface area contributed by atoms with Crippen molar-refractivity contribution < 1.29 is 9.53 Å². The Morgan fingerprint density at radius 1 is 1.18 bits per heavy atom. The highest BCUT2D eigenvalue weighted by Crippen LogP contribution is 2.43. The van der Waals surface area contributed by atoms with Crippen LogP contribution in [0.25, 0.3) is 0 Å². The number of hydrogen-bond donors (Lipinski definition) is 1. The fraction of sp³-hybridized carbons (Fsp3) is 0.545. The van der Waals surface area contributed by atoms with Crippen molar-refractivity contribution >= 4 is 5.91 Å². The van der Waals surface area contributed by atoms with Gasteiger partial charge in [0, 0.05) is 18.8 Å². The molecule has 0 saturated heterocycles. The summed E-state index contributed by atoms with van der Waals surface area (Å²) >= 11 is 0. The predicted octanol–water partition coefficient (Wildman–Crippen LogP) is 3.13. The smallest absolute Gasteiger partial charge is 0.233 e. The van der Waals surface area contributed by atoms with Crippen LogP contribution in [0.3, 0.4) is 0 Å². The van der Waals surface area contributed by atoms with E-state index >= 15 is 0 Å².